The lowest BCUT2D eigenvalue weighted by Crippen LogP contribution is -2.47. The highest BCUT2D eigenvalue weighted by atomic mass is 32.1. The van der Waals surface area contributed by atoms with Gasteiger partial charge in [-0.2, -0.15) is 4.98 Å². The summed E-state index contributed by atoms with van der Waals surface area (Å²) < 4.78 is 5.59. The fourth-order valence-electron chi connectivity index (χ4n) is 3.99. The second-order valence-corrected chi connectivity index (χ2v) is 8.89. The number of anilines is 1. The van der Waals surface area contributed by atoms with Crippen LogP contribution in [0, 0.1) is 13.8 Å². The normalized spacial score (nSPS) is 16.3. The van der Waals surface area contributed by atoms with Crippen molar-refractivity contribution in [3.05, 3.63) is 53.0 Å². The van der Waals surface area contributed by atoms with E-state index in [1.165, 1.54) is 15.8 Å². The molecule has 0 bridgehead atoms. The Bertz CT molecular complexity index is 1160. The van der Waals surface area contributed by atoms with Crippen molar-refractivity contribution in [3.63, 3.8) is 0 Å². The van der Waals surface area contributed by atoms with Crippen LogP contribution in [0.1, 0.15) is 29.3 Å². The van der Waals surface area contributed by atoms with Gasteiger partial charge >= 0.3 is 0 Å². The monoisotopic (exact) mass is 420 g/mol. The summed E-state index contributed by atoms with van der Waals surface area (Å²) in [5.74, 6) is 2.36. The van der Waals surface area contributed by atoms with Crippen molar-refractivity contribution in [1.82, 2.24) is 25.0 Å². The molecule has 4 aromatic rings. The predicted octanol–water partition coefficient (Wildman–Crippen LogP) is 4.24. The molecule has 0 radical (unpaired) electrons. The third kappa shape index (κ3) is 3.36. The van der Waals surface area contributed by atoms with Gasteiger partial charge in [-0.05, 0) is 26.3 Å². The maximum Gasteiger partial charge on any atom is 0.244 e. The van der Waals surface area contributed by atoms with E-state index >= 15 is 0 Å². The number of piperazine rings is 1. The Morgan fingerprint density at radius 1 is 1.03 bits per heavy atom. The smallest absolute Gasteiger partial charge is 0.244 e. The highest BCUT2D eigenvalue weighted by molar-refractivity contribution is 7.18. The first-order valence-electron chi connectivity index (χ1n) is 10.2. The molecule has 154 valence electrons. The minimum Gasteiger partial charge on any atom is -0.353 e. The van der Waals surface area contributed by atoms with Crippen LogP contribution in [-0.2, 0) is 0 Å². The zero-order valence-corrected chi connectivity index (χ0v) is 18.2. The molecular weight excluding hydrogens is 396 g/mol. The fraction of sp³-hybridized carbons (Fsp3) is 0.364. The Morgan fingerprint density at radius 3 is 2.57 bits per heavy atom. The summed E-state index contributed by atoms with van der Waals surface area (Å²) in [5, 5.41) is 5.37. The topological polar surface area (TPSA) is 71.2 Å². The van der Waals surface area contributed by atoms with Gasteiger partial charge in [0.15, 0.2) is 0 Å². The molecule has 30 heavy (non-hydrogen) atoms. The van der Waals surface area contributed by atoms with E-state index in [1.807, 2.05) is 30.3 Å². The van der Waals surface area contributed by atoms with Crippen LogP contribution < -0.4 is 4.90 Å². The number of aryl methyl sites for hydroxylation is 2. The van der Waals surface area contributed by atoms with Gasteiger partial charge in [0, 0.05) is 36.6 Å². The van der Waals surface area contributed by atoms with Crippen LogP contribution in [0.3, 0.4) is 0 Å². The Balaban J connectivity index is 1.30. The molecule has 0 saturated carbocycles. The molecule has 1 atom stereocenters. The first kappa shape index (κ1) is 19.1. The van der Waals surface area contributed by atoms with E-state index < -0.39 is 0 Å². The molecule has 1 fully saturated rings. The number of hydrogen-bond acceptors (Lipinski definition) is 8. The van der Waals surface area contributed by atoms with Crippen LogP contribution in [0.25, 0.3) is 21.6 Å². The first-order valence-corrected chi connectivity index (χ1v) is 11.0. The van der Waals surface area contributed by atoms with Crippen LogP contribution in [0.4, 0.5) is 5.82 Å². The van der Waals surface area contributed by atoms with Crippen molar-refractivity contribution >= 4 is 27.4 Å². The number of thiophene rings is 1. The van der Waals surface area contributed by atoms with Gasteiger partial charge in [-0.1, -0.05) is 35.5 Å². The molecule has 8 heteroatoms. The molecule has 0 N–H and O–H groups in total. The van der Waals surface area contributed by atoms with E-state index in [0.29, 0.717) is 11.7 Å². The van der Waals surface area contributed by atoms with Gasteiger partial charge in [0.25, 0.3) is 0 Å². The van der Waals surface area contributed by atoms with E-state index in [0.717, 1.165) is 42.4 Å². The number of nitrogens with zero attached hydrogens (tertiary/aromatic N) is 6. The van der Waals surface area contributed by atoms with E-state index in [-0.39, 0.29) is 6.04 Å². The van der Waals surface area contributed by atoms with Crippen LogP contribution >= 0.6 is 11.3 Å². The molecule has 4 heterocycles. The summed E-state index contributed by atoms with van der Waals surface area (Å²) in [6, 6.07) is 10.0. The fourth-order valence-corrected chi connectivity index (χ4v) is 4.98. The van der Waals surface area contributed by atoms with Gasteiger partial charge in [-0.25, -0.2) is 9.97 Å². The highest BCUT2D eigenvalue weighted by Crippen LogP contribution is 2.35. The van der Waals surface area contributed by atoms with E-state index in [1.54, 1.807) is 17.7 Å². The summed E-state index contributed by atoms with van der Waals surface area (Å²) >= 11 is 1.74. The summed E-state index contributed by atoms with van der Waals surface area (Å²) in [6.07, 6.45) is 1.69. The van der Waals surface area contributed by atoms with Crippen molar-refractivity contribution in [2.24, 2.45) is 0 Å². The summed E-state index contributed by atoms with van der Waals surface area (Å²) in [5.41, 5.74) is 2.26. The van der Waals surface area contributed by atoms with Crippen molar-refractivity contribution in [1.29, 1.82) is 0 Å². The van der Waals surface area contributed by atoms with Crippen LogP contribution in [0.5, 0.6) is 0 Å². The van der Waals surface area contributed by atoms with Crippen molar-refractivity contribution in [2.45, 2.75) is 26.8 Å². The number of benzene rings is 1. The maximum atomic E-state index is 5.59. The molecule has 1 aliphatic heterocycles. The lowest BCUT2D eigenvalue weighted by molar-refractivity contribution is 0.164. The second kappa shape index (κ2) is 7.77. The third-order valence-corrected chi connectivity index (χ3v) is 7.05. The average Bonchev–Trinajstić information content (AvgIpc) is 3.39. The summed E-state index contributed by atoms with van der Waals surface area (Å²) in [7, 11) is 0. The maximum absolute atomic E-state index is 5.59. The second-order valence-electron chi connectivity index (χ2n) is 7.68. The number of aromatic nitrogens is 4. The van der Waals surface area contributed by atoms with E-state index in [4.69, 9.17) is 4.52 Å². The Hall–Kier alpha value is -2.84. The lowest BCUT2D eigenvalue weighted by Gasteiger charge is -2.37. The molecule has 0 spiro atoms. The average molecular weight is 421 g/mol. The molecular formula is C22H24N6OS. The van der Waals surface area contributed by atoms with Gasteiger partial charge in [0.2, 0.25) is 11.7 Å². The van der Waals surface area contributed by atoms with Crippen molar-refractivity contribution < 1.29 is 4.52 Å². The molecule has 1 saturated heterocycles. The highest BCUT2D eigenvalue weighted by Gasteiger charge is 2.27. The van der Waals surface area contributed by atoms with Gasteiger partial charge < -0.3 is 9.42 Å². The quantitative estimate of drug-likeness (QED) is 0.489. The molecule has 7 nitrogen and oxygen atoms in total. The minimum atomic E-state index is 0.0765. The Morgan fingerprint density at radius 2 is 1.80 bits per heavy atom. The Labute approximate surface area is 179 Å². The van der Waals surface area contributed by atoms with Crippen molar-refractivity contribution in [2.75, 3.05) is 31.1 Å². The Kier molecular flexibility index (Phi) is 4.96. The van der Waals surface area contributed by atoms with E-state index in [9.17, 15) is 0 Å². The zero-order chi connectivity index (χ0) is 20.7. The molecule has 1 aromatic carbocycles. The third-order valence-electron chi connectivity index (χ3n) is 5.94. The standard InChI is InChI=1S/C22H24N6OS/c1-14-16(3)30-22-18(14)20(23-13-24-22)28-11-9-27(10-12-28)15(2)21-25-19(26-29-21)17-7-5-4-6-8-17/h4-8,13,15H,9-12H2,1-3H3. The predicted molar refractivity (Wildman–Crippen MR) is 119 cm³/mol. The minimum absolute atomic E-state index is 0.0765. The van der Waals surface area contributed by atoms with E-state index in [2.05, 4.69) is 50.7 Å². The van der Waals surface area contributed by atoms with Crippen molar-refractivity contribution in [3.8, 4) is 11.4 Å². The molecule has 5 rings (SSSR count). The molecule has 0 amide bonds. The van der Waals surface area contributed by atoms with Crippen LogP contribution in [0.2, 0.25) is 0 Å². The van der Waals surface area contributed by atoms with Gasteiger partial charge in [0.05, 0.1) is 11.4 Å². The van der Waals surface area contributed by atoms with Crippen LogP contribution in [0.15, 0.2) is 41.2 Å². The largest absolute Gasteiger partial charge is 0.353 e. The number of rotatable bonds is 4. The summed E-state index contributed by atoms with van der Waals surface area (Å²) in [4.78, 5) is 20.9. The molecule has 0 aliphatic carbocycles. The number of fused-ring (bicyclic) bond motifs is 1. The van der Waals surface area contributed by atoms with Gasteiger partial charge in [-0.3, -0.25) is 4.90 Å². The van der Waals surface area contributed by atoms with Crippen LogP contribution in [-0.4, -0.2) is 51.2 Å². The molecule has 1 unspecified atom stereocenters. The van der Waals surface area contributed by atoms with Gasteiger partial charge in [-0.15, -0.1) is 11.3 Å². The number of hydrogen-bond donors (Lipinski definition) is 0. The zero-order valence-electron chi connectivity index (χ0n) is 17.4. The summed E-state index contributed by atoms with van der Waals surface area (Å²) in [6.45, 7) is 10.1. The van der Waals surface area contributed by atoms with Gasteiger partial charge in [0.1, 0.15) is 17.0 Å². The molecule has 3 aromatic heterocycles. The molecule has 1 aliphatic rings. The SMILES string of the molecule is Cc1sc2ncnc(N3CCN(C(C)c4nc(-c5ccccc5)no4)CC3)c2c1C. The lowest BCUT2D eigenvalue weighted by atomic mass is 10.1. The first-order chi connectivity index (χ1) is 14.6.